The molecule has 0 radical (unpaired) electrons. The van der Waals surface area contributed by atoms with Crippen LogP contribution in [0, 0.1) is 5.82 Å². The van der Waals surface area contributed by atoms with Gasteiger partial charge in [0.05, 0.1) is 6.61 Å². The van der Waals surface area contributed by atoms with Gasteiger partial charge in [0.25, 0.3) is 0 Å². The summed E-state index contributed by atoms with van der Waals surface area (Å²) in [5.74, 6) is -0.209. The van der Waals surface area contributed by atoms with Gasteiger partial charge in [-0.2, -0.15) is 0 Å². The van der Waals surface area contributed by atoms with E-state index in [4.69, 9.17) is 10.8 Å². The number of unbranched alkanes of at least 4 members (excludes halogenated alkanes) is 1. The van der Waals surface area contributed by atoms with Gasteiger partial charge in [0.1, 0.15) is 5.82 Å². The van der Waals surface area contributed by atoms with Gasteiger partial charge in [-0.1, -0.05) is 31.5 Å². The lowest BCUT2D eigenvalue weighted by atomic mass is 10.1. The summed E-state index contributed by atoms with van der Waals surface area (Å²) in [5.41, 5.74) is 6.70. The number of nitrogens with two attached hydrogens (primary N) is 1. The zero-order valence-corrected chi connectivity index (χ0v) is 11.0. The Morgan fingerprint density at radius 3 is 2.61 bits per heavy atom. The van der Waals surface area contributed by atoms with Gasteiger partial charge < -0.3 is 10.8 Å². The summed E-state index contributed by atoms with van der Waals surface area (Å²) in [7, 11) is 0. The first-order valence-electron chi connectivity index (χ1n) is 6.52. The first-order valence-corrected chi connectivity index (χ1v) is 6.52. The van der Waals surface area contributed by atoms with E-state index in [1.54, 1.807) is 12.1 Å². The number of aliphatic hydroxyl groups is 1. The second-order valence-corrected chi connectivity index (χ2v) is 4.45. The van der Waals surface area contributed by atoms with Crippen molar-refractivity contribution in [2.24, 2.45) is 5.73 Å². The number of hydrogen-bond donors (Lipinski definition) is 2. The molecular formula is C14H23FN2O. The Morgan fingerprint density at radius 2 is 2.00 bits per heavy atom. The summed E-state index contributed by atoms with van der Waals surface area (Å²) < 4.78 is 14.0. The van der Waals surface area contributed by atoms with Crippen LogP contribution in [0.15, 0.2) is 18.2 Å². The molecular weight excluding hydrogens is 231 g/mol. The summed E-state index contributed by atoms with van der Waals surface area (Å²) in [6, 6.07) is 5.32. The molecule has 4 heteroatoms. The molecule has 0 aromatic heterocycles. The van der Waals surface area contributed by atoms with E-state index in [1.165, 1.54) is 0 Å². The molecule has 0 spiro atoms. The van der Waals surface area contributed by atoms with Crippen LogP contribution in [0.1, 0.15) is 30.9 Å². The number of hydrogen-bond acceptors (Lipinski definition) is 3. The molecule has 0 aliphatic carbocycles. The molecule has 3 nitrogen and oxygen atoms in total. The number of benzene rings is 1. The third-order valence-corrected chi connectivity index (χ3v) is 3.02. The highest BCUT2D eigenvalue weighted by Crippen LogP contribution is 2.15. The molecule has 102 valence electrons. The smallest absolute Gasteiger partial charge is 0.132 e. The van der Waals surface area contributed by atoms with Gasteiger partial charge in [-0.15, -0.1) is 0 Å². The van der Waals surface area contributed by atoms with Crippen LogP contribution in [0.2, 0.25) is 0 Å². The highest BCUT2D eigenvalue weighted by Gasteiger charge is 2.11. The molecule has 1 aromatic rings. The van der Waals surface area contributed by atoms with Crippen molar-refractivity contribution in [2.45, 2.75) is 32.9 Å². The number of rotatable bonds is 8. The normalized spacial score (nSPS) is 11.2. The molecule has 0 saturated heterocycles. The second kappa shape index (κ2) is 8.19. The zero-order valence-electron chi connectivity index (χ0n) is 11.0. The van der Waals surface area contributed by atoms with E-state index in [0.717, 1.165) is 19.4 Å². The molecule has 0 aliphatic rings. The molecule has 0 heterocycles. The summed E-state index contributed by atoms with van der Waals surface area (Å²) in [6.07, 6.45) is 2.14. The first kappa shape index (κ1) is 15.1. The Bertz CT molecular complexity index is 358. The minimum atomic E-state index is -0.209. The lowest BCUT2D eigenvalue weighted by Crippen LogP contribution is -2.28. The quantitative estimate of drug-likeness (QED) is 0.744. The van der Waals surface area contributed by atoms with Gasteiger partial charge in [0, 0.05) is 30.8 Å². The average Bonchev–Trinajstić information content (AvgIpc) is 2.38. The fourth-order valence-electron chi connectivity index (χ4n) is 1.95. The molecule has 0 fully saturated rings. The van der Waals surface area contributed by atoms with E-state index < -0.39 is 0 Å². The van der Waals surface area contributed by atoms with Gasteiger partial charge in [0.2, 0.25) is 0 Å². The molecule has 0 unspecified atom stereocenters. The van der Waals surface area contributed by atoms with Crippen molar-refractivity contribution < 1.29 is 9.50 Å². The topological polar surface area (TPSA) is 49.5 Å². The van der Waals surface area contributed by atoms with Crippen molar-refractivity contribution in [3.63, 3.8) is 0 Å². The molecule has 0 aliphatic heterocycles. The van der Waals surface area contributed by atoms with Crippen LogP contribution in [-0.4, -0.2) is 29.7 Å². The Balaban J connectivity index is 2.73. The number of halogens is 1. The molecule has 0 atom stereocenters. The standard InChI is InChI=1S/C14H23FN2O/c1-2-3-7-17(8-9-18)11-13-6-4-5-12(10-16)14(13)15/h4-6,18H,2-3,7-11,16H2,1H3. The SMILES string of the molecule is CCCCN(CCO)Cc1cccc(CN)c1F. The van der Waals surface area contributed by atoms with Crippen molar-refractivity contribution >= 4 is 0 Å². The van der Waals surface area contributed by atoms with Crippen molar-refractivity contribution in [2.75, 3.05) is 19.7 Å². The lowest BCUT2D eigenvalue weighted by molar-refractivity contribution is 0.186. The van der Waals surface area contributed by atoms with Crippen LogP contribution >= 0.6 is 0 Å². The van der Waals surface area contributed by atoms with Crippen molar-refractivity contribution in [1.82, 2.24) is 4.90 Å². The number of nitrogens with zero attached hydrogens (tertiary/aromatic N) is 1. The van der Waals surface area contributed by atoms with Gasteiger partial charge in [-0.25, -0.2) is 4.39 Å². The minimum absolute atomic E-state index is 0.0991. The van der Waals surface area contributed by atoms with Crippen LogP contribution in [0.4, 0.5) is 4.39 Å². The predicted octanol–water partition coefficient (Wildman–Crippen LogP) is 1.88. The van der Waals surface area contributed by atoms with Gasteiger partial charge in [0.15, 0.2) is 0 Å². The maximum absolute atomic E-state index is 14.0. The zero-order chi connectivity index (χ0) is 13.4. The Hall–Kier alpha value is -0.970. The summed E-state index contributed by atoms with van der Waals surface area (Å²) in [4.78, 5) is 2.07. The van der Waals surface area contributed by atoms with Crippen LogP contribution in [0.25, 0.3) is 0 Å². The van der Waals surface area contributed by atoms with E-state index in [2.05, 4.69) is 11.8 Å². The molecule has 0 saturated carbocycles. The molecule has 0 amide bonds. The first-order chi connectivity index (χ1) is 8.72. The van der Waals surface area contributed by atoms with E-state index >= 15 is 0 Å². The average molecular weight is 254 g/mol. The third kappa shape index (κ3) is 4.37. The predicted molar refractivity (Wildman–Crippen MR) is 71.6 cm³/mol. The summed E-state index contributed by atoms with van der Waals surface area (Å²) >= 11 is 0. The molecule has 18 heavy (non-hydrogen) atoms. The van der Waals surface area contributed by atoms with Crippen LogP contribution < -0.4 is 5.73 Å². The maximum Gasteiger partial charge on any atom is 0.132 e. The summed E-state index contributed by atoms with van der Waals surface area (Å²) in [6.45, 7) is 4.42. The van der Waals surface area contributed by atoms with E-state index in [9.17, 15) is 4.39 Å². The lowest BCUT2D eigenvalue weighted by Gasteiger charge is -2.21. The van der Waals surface area contributed by atoms with Crippen LogP contribution in [0.3, 0.4) is 0 Å². The van der Waals surface area contributed by atoms with E-state index in [-0.39, 0.29) is 19.0 Å². The Labute approximate surface area is 108 Å². The fourth-order valence-corrected chi connectivity index (χ4v) is 1.95. The van der Waals surface area contributed by atoms with Crippen LogP contribution in [-0.2, 0) is 13.1 Å². The monoisotopic (exact) mass is 254 g/mol. The molecule has 3 N–H and O–H groups in total. The van der Waals surface area contributed by atoms with Crippen molar-refractivity contribution in [3.8, 4) is 0 Å². The maximum atomic E-state index is 14.0. The highest BCUT2D eigenvalue weighted by molar-refractivity contribution is 5.25. The fraction of sp³-hybridized carbons (Fsp3) is 0.571. The summed E-state index contributed by atoms with van der Waals surface area (Å²) in [5, 5.41) is 9.03. The van der Waals surface area contributed by atoms with Gasteiger partial charge in [-0.05, 0) is 13.0 Å². The van der Waals surface area contributed by atoms with E-state index in [1.807, 2.05) is 6.07 Å². The van der Waals surface area contributed by atoms with E-state index in [0.29, 0.717) is 24.2 Å². The highest BCUT2D eigenvalue weighted by atomic mass is 19.1. The van der Waals surface area contributed by atoms with Crippen molar-refractivity contribution in [3.05, 3.63) is 35.1 Å². The number of aliphatic hydroxyl groups excluding tert-OH is 1. The third-order valence-electron chi connectivity index (χ3n) is 3.02. The Kier molecular flexibility index (Phi) is 6.86. The Morgan fingerprint density at radius 1 is 1.28 bits per heavy atom. The molecule has 1 aromatic carbocycles. The second-order valence-electron chi connectivity index (χ2n) is 4.45. The van der Waals surface area contributed by atoms with Gasteiger partial charge >= 0.3 is 0 Å². The molecule has 1 rings (SSSR count). The van der Waals surface area contributed by atoms with Crippen molar-refractivity contribution in [1.29, 1.82) is 0 Å². The van der Waals surface area contributed by atoms with Crippen LogP contribution in [0.5, 0.6) is 0 Å². The minimum Gasteiger partial charge on any atom is -0.395 e. The molecule has 0 bridgehead atoms. The largest absolute Gasteiger partial charge is 0.395 e. The van der Waals surface area contributed by atoms with Gasteiger partial charge in [-0.3, -0.25) is 4.90 Å².